The summed E-state index contributed by atoms with van der Waals surface area (Å²) in [6, 6.07) is 0. The minimum absolute atomic E-state index is 0.00328. The first kappa shape index (κ1) is 8.77. The lowest BCUT2D eigenvalue weighted by molar-refractivity contribution is 0.0928. The molecule has 0 aromatic heterocycles. The minimum Gasteiger partial charge on any atom is -0.201 e. The van der Waals surface area contributed by atoms with Crippen molar-refractivity contribution in [1.82, 2.24) is 0 Å². The Labute approximate surface area is 57.6 Å². The molecule has 50 valence electrons. The van der Waals surface area contributed by atoms with E-state index in [1.165, 1.54) is 0 Å². The van der Waals surface area contributed by atoms with Crippen LogP contribution in [0.3, 0.4) is 0 Å². The Kier molecular flexibility index (Phi) is 4.09. The predicted molar refractivity (Wildman–Crippen MR) is 37.1 cm³/mol. The molecule has 0 radical (unpaired) electrons. The third kappa shape index (κ3) is 3.73. The van der Waals surface area contributed by atoms with Gasteiger partial charge in [0, 0.05) is 13.7 Å². The maximum absolute atomic E-state index is 12.1. The van der Waals surface area contributed by atoms with Gasteiger partial charge in [0.2, 0.25) is 0 Å². The first-order chi connectivity index (χ1) is 3.62. The van der Waals surface area contributed by atoms with Crippen molar-refractivity contribution in [2.45, 2.75) is 25.4 Å². The Bertz CT molecular complexity index is 67.1. The average molecular weight is 205 g/mol. The fraction of sp³-hybridized carbons (Fsp3) is 1.00. The van der Waals surface area contributed by atoms with Crippen molar-refractivity contribution >= 4 is 22.8 Å². The Morgan fingerprint density at radius 2 is 2.12 bits per heavy atom. The maximum Gasteiger partial charge on any atom is 0.271 e. The third-order valence-electron chi connectivity index (χ3n) is 0.702. The zero-order chi connectivity index (χ0) is 6.62. The van der Waals surface area contributed by atoms with E-state index in [9.17, 15) is 8.78 Å². The number of hydrogen-bond acceptors (Lipinski definition) is 0. The topological polar surface area (TPSA) is 0 Å². The molecule has 0 N–H and O–H groups in total. The molecule has 0 fully saturated rings. The molecule has 0 saturated heterocycles. The molecule has 0 heterocycles. The fourth-order valence-electron chi connectivity index (χ4n) is 0.361. The van der Waals surface area contributed by atoms with Crippen molar-refractivity contribution in [2.75, 3.05) is 0 Å². The molecule has 0 spiro atoms. The molecule has 0 aromatic rings. The summed E-state index contributed by atoms with van der Waals surface area (Å²) >= 11 is 2.75. The van der Waals surface area contributed by atoms with Gasteiger partial charge in [-0.25, -0.2) is 8.78 Å². The van der Waals surface area contributed by atoms with Crippen molar-refractivity contribution < 1.29 is 8.78 Å². The van der Waals surface area contributed by atoms with E-state index in [-0.39, 0.29) is 6.42 Å². The van der Waals surface area contributed by atoms with E-state index in [2.05, 4.69) is 15.5 Å². The van der Waals surface area contributed by atoms with Crippen molar-refractivity contribution in [2.24, 2.45) is 0 Å². The molecule has 0 nitrogen and oxygen atoms in total. The Balaban J connectivity index is 3.37. The SMILES string of the molecule is CCCC(F)(F)PBr. The molecule has 0 rings (SSSR count). The van der Waals surface area contributed by atoms with Crippen LogP contribution in [0.5, 0.6) is 0 Å². The molecule has 0 bridgehead atoms. The van der Waals surface area contributed by atoms with Crippen LogP contribution in [-0.4, -0.2) is 5.66 Å². The van der Waals surface area contributed by atoms with E-state index in [0.29, 0.717) is 6.42 Å². The van der Waals surface area contributed by atoms with Crippen LogP contribution >= 0.6 is 22.8 Å². The van der Waals surface area contributed by atoms with Gasteiger partial charge in [-0.15, -0.1) is 0 Å². The van der Waals surface area contributed by atoms with Crippen molar-refractivity contribution in [3.63, 3.8) is 0 Å². The van der Waals surface area contributed by atoms with Gasteiger partial charge in [-0.3, -0.25) is 0 Å². The summed E-state index contributed by atoms with van der Waals surface area (Å²) in [5, 5.41) is 0. The summed E-state index contributed by atoms with van der Waals surface area (Å²) in [4.78, 5) is 0. The molecule has 0 aliphatic heterocycles. The van der Waals surface area contributed by atoms with Crippen molar-refractivity contribution in [3.05, 3.63) is 0 Å². The van der Waals surface area contributed by atoms with Gasteiger partial charge in [-0.2, -0.15) is 0 Å². The van der Waals surface area contributed by atoms with Crippen LogP contribution in [0.1, 0.15) is 19.8 Å². The zero-order valence-electron chi connectivity index (χ0n) is 4.55. The van der Waals surface area contributed by atoms with Crippen LogP contribution in [0, 0.1) is 0 Å². The van der Waals surface area contributed by atoms with Gasteiger partial charge in [0.25, 0.3) is 5.66 Å². The predicted octanol–water partition coefficient (Wildman–Crippen LogP) is 3.37. The second-order valence-corrected chi connectivity index (χ2v) is 3.66. The van der Waals surface area contributed by atoms with Gasteiger partial charge in [-0.1, -0.05) is 28.8 Å². The minimum atomic E-state index is -2.46. The standard InChI is InChI=1S/C4H8BrF2P/c1-2-3-4(6,7)8-5/h8H,2-3H2,1H3. The first-order valence-electron chi connectivity index (χ1n) is 2.38. The van der Waals surface area contributed by atoms with E-state index in [1.807, 2.05) is 0 Å². The lowest BCUT2D eigenvalue weighted by Gasteiger charge is -2.09. The molecule has 4 heteroatoms. The van der Waals surface area contributed by atoms with Crippen molar-refractivity contribution in [1.29, 1.82) is 0 Å². The van der Waals surface area contributed by atoms with Gasteiger partial charge >= 0.3 is 0 Å². The Morgan fingerprint density at radius 3 is 2.25 bits per heavy atom. The van der Waals surface area contributed by atoms with Crippen molar-refractivity contribution in [3.8, 4) is 0 Å². The van der Waals surface area contributed by atoms with Crippen LogP contribution in [0.4, 0.5) is 8.78 Å². The van der Waals surface area contributed by atoms with Crippen LogP contribution in [0.2, 0.25) is 0 Å². The highest BCUT2D eigenvalue weighted by atomic mass is 79.9. The molecule has 0 aromatic carbocycles. The van der Waals surface area contributed by atoms with Gasteiger partial charge in [-0.05, 0) is 0 Å². The highest BCUT2D eigenvalue weighted by Gasteiger charge is 2.25. The molecular formula is C4H8BrF2P. The maximum atomic E-state index is 12.1. The highest BCUT2D eigenvalue weighted by Crippen LogP contribution is 2.43. The van der Waals surface area contributed by atoms with Gasteiger partial charge in [0.1, 0.15) is 0 Å². The Morgan fingerprint density at radius 1 is 1.62 bits per heavy atom. The number of hydrogen-bond donors (Lipinski definition) is 0. The van der Waals surface area contributed by atoms with E-state index >= 15 is 0 Å². The third-order valence-corrected chi connectivity index (χ3v) is 2.97. The number of alkyl halides is 2. The Hall–Kier alpha value is 0.770. The normalized spacial score (nSPS) is 13.5. The quantitative estimate of drug-likeness (QED) is 0.619. The molecule has 0 aliphatic rings. The molecule has 8 heavy (non-hydrogen) atoms. The molecular weight excluding hydrogens is 197 g/mol. The second-order valence-electron chi connectivity index (χ2n) is 1.55. The summed E-state index contributed by atoms with van der Waals surface area (Å²) in [7, 11) is -0.430. The largest absolute Gasteiger partial charge is 0.271 e. The lowest BCUT2D eigenvalue weighted by Crippen LogP contribution is -2.04. The van der Waals surface area contributed by atoms with E-state index in [1.54, 1.807) is 6.92 Å². The van der Waals surface area contributed by atoms with Crippen LogP contribution in [0.15, 0.2) is 0 Å². The van der Waals surface area contributed by atoms with Gasteiger partial charge in [0.05, 0.1) is 0 Å². The zero-order valence-corrected chi connectivity index (χ0v) is 7.13. The van der Waals surface area contributed by atoms with Gasteiger partial charge < -0.3 is 0 Å². The van der Waals surface area contributed by atoms with Gasteiger partial charge in [0.15, 0.2) is 0 Å². The number of rotatable bonds is 3. The lowest BCUT2D eigenvalue weighted by atomic mass is 10.3. The van der Waals surface area contributed by atoms with E-state index < -0.39 is 12.9 Å². The fourth-order valence-corrected chi connectivity index (χ4v) is 1.30. The molecule has 0 amide bonds. The smallest absolute Gasteiger partial charge is 0.201 e. The summed E-state index contributed by atoms with van der Waals surface area (Å²) in [6.45, 7) is 1.75. The molecule has 1 unspecified atom stereocenters. The summed E-state index contributed by atoms with van der Waals surface area (Å²) < 4.78 is 24.2. The average Bonchev–Trinajstić information content (AvgIpc) is 1.67. The monoisotopic (exact) mass is 204 g/mol. The van der Waals surface area contributed by atoms with Crippen LogP contribution in [0.25, 0.3) is 0 Å². The highest BCUT2D eigenvalue weighted by molar-refractivity contribution is 9.36. The van der Waals surface area contributed by atoms with Crippen LogP contribution < -0.4 is 0 Å². The molecule has 1 atom stereocenters. The molecule has 0 aliphatic carbocycles. The second kappa shape index (κ2) is 3.73. The first-order valence-corrected chi connectivity index (χ1v) is 5.63. The summed E-state index contributed by atoms with van der Waals surface area (Å²) in [5.41, 5.74) is -2.46. The summed E-state index contributed by atoms with van der Waals surface area (Å²) in [5.74, 6) is 0. The van der Waals surface area contributed by atoms with Crippen LogP contribution in [-0.2, 0) is 0 Å². The van der Waals surface area contributed by atoms with E-state index in [4.69, 9.17) is 0 Å². The number of halogens is 3. The summed E-state index contributed by atoms with van der Waals surface area (Å²) in [6.07, 6.45) is 0.544. The molecule has 0 saturated carbocycles. The van der Waals surface area contributed by atoms with E-state index in [0.717, 1.165) is 0 Å².